The molecule has 126 valence electrons. The number of methoxy groups -OCH3 is 1. The molecular formula is C18H19NO5. The number of anilines is 1. The van der Waals surface area contributed by atoms with Crippen molar-refractivity contribution in [2.45, 2.75) is 13.5 Å². The van der Waals surface area contributed by atoms with Crippen molar-refractivity contribution < 1.29 is 23.7 Å². The van der Waals surface area contributed by atoms with E-state index in [1.54, 1.807) is 43.5 Å². The summed E-state index contributed by atoms with van der Waals surface area (Å²) in [6, 6.07) is 10.6. The average molecular weight is 329 g/mol. The van der Waals surface area contributed by atoms with Crippen molar-refractivity contribution in [1.82, 2.24) is 0 Å². The maximum atomic E-state index is 12.5. The minimum Gasteiger partial charge on any atom is -0.494 e. The Labute approximate surface area is 140 Å². The van der Waals surface area contributed by atoms with Gasteiger partial charge in [0.2, 0.25) is 6.79 Å². The van der Waals surface area contributed by atoms with Crippen molar-refractivity contribution in [3.63, 3.8) is 0 Å². The number of amides is 1. The summed E-state index contributed by atoms with van der Waals surface area (Å²) >= 11 is 0. The van der Waals surface area contributed by atoms with Crippen LogP contribution >= 0.6 is 0 Å². The third-order valence-electron chi connectivity index (χ3n) is 3.55. The molecule has 6 nitrogen and oxygen atoms in total. The van der Waals surface area contributed by atoms with Gasteiger partial charge in [-0.2, -0.15) is 0 Å². The first kappa shape index (κ1) is 16.1. The Morgan fingerprint density at radius 1 is 1.17 bits per heavy atom. The molecule has 1 amide bonds. The Balaban J connectivity index is 1.78. The van der Waals surface area contributed by atoms with E-state index in [-0.39, 0.29) is 12.7 Å². The Hall–Kier alpha value is -2.73. The SMILES string of the molecule is CCOc1ccc(C(=O)Nc2ccc3c(c2)OCO3)cc1COC. The summed E-state index contributed by atoms with van der Waals surface area (Å²) in [4.78, 5) is 12.5. The molecular weight excluding hydrogens is 310 g/mol. The third kappa shape index (κ3) is 3.44. The monoisotopic (exact) mass is 329 g/mol. The molecule has 0 aromatic heterocycles. The molecule has 0 spiro atoms. The van der Waals surface area contributed by atoms with Gasteiger partial charge < -0.3 is 24.3 Å². The van der Waals surface area contributed by atoms with Gasteiger partial charge in [-0.25, -0.2) is 0 Å². The quantitative estimate of drug-likeness (QED) is 0.881. The van der Waals surface area contributed by atoms with Gasteiger partial charge in [0, 0.05) is 30.0 Å². The number of carbonyl (C=O) groups is 1. The average Bonchev–Trinajstić information content (AvgIpc) is 3.04. The van der Waals surface area contributed by atoms with Crippen LogP contribution in [0.25, 0.3) is 0 Å². The summed E-state index contributed by atoms with van der Waals surface area (Å²) in [6.07, 6.45) is 0. The molecule has 0 atom stereocenters. The maximum absolute atomic E-state index is 12.5. The number of hydrogen-bond donors (Lipinski definition) is 1. The molecule has 0 aliphatic carbocycles. The van der Waals surface area contributed by atoms with Crippen LogP contribution in [0.1, 0.15) is 22.8 Å². The van der Waals surface area contributed by atoms with E-state index in [0.717, 1.165) is 11.3 Å². The number of hydrogen-bond acceptors (Lipinski definition) is 5. The van der Waals surface area contributed by atoms with Crippen molar-refractivity contribution in [3.05, 3.63) is 47.5 Å². The zero-order valence-corrected chi connectivity index (χ0v) is 13.6. The summed E-state index contributed by atoms with van der Waals surface area (Å²) in [5, 5.41) is 2.85. The minimum atomic E-state index is -0.214. The van der Waals surface area contributed by atoms with E-state index >= 15 is 0 Å². The van der Waals surface area contributed by atoms with Crippen LogP contribution in [0.2, 0.25) is 0 Å². The van der Waals surface area contributed by atoms with Gasteiger partial charge in [-0.15, -0.1) is 0 Å². The predicted molar refractivity (Wildman–Crippen MR) is 88.8 cm³/mol. The summed E-state index contributed by atoms with van der Waals surface area (Å²) in [5.74, 6) is 1.81. The summed E-state index contributed by atoms with van der Waals surface area (Å²) in [7, 11) is 1.61. The number of fused-ring (bicyclic) bond motifs is 1. The van der Waals surface area contributed by atoms with E-state index < -0.39 is 0 Å². The van der Waals surface area contributed by atoms with Gasteiger partial charge in [-0.05, 0) is 37.3 Å². The van der Waals surface area contributed by atoms with E-state index in [0.29, 0.717) is 36.0 Å². The number of benzene rings is 2. The Morgan fingerprint density at radius 3 is 2.79 bits per heavy atom. The minimum absolute atomic E-state index is 0.200. The number of nitrogens with one attached hydrogen (secondary N) is 1. The molecule has 1 aliphatic heterocycles. The number of rotatable bonds is 6. The second-order valence-corrected chi connectivity index (χ2v) is 5.21. The van der Waals surface area contributed by atoms with Crippen LogP contribution in [-0.4, -0.2) is 26.4 Å². The summed E-state index contributed by atoms with van der Waals surface area (Å²) in [6.45, 7) is 3.04. The van der Waals surface area contributed by atoms with Crippen LogP contribution in [0.4, 0.5) is 5.69 Å². The lowest BCUT2D eigenvalue weighted by Crippen LogP contribution is -2.12. The van der Waals surface area contributed by atoms with E-state index in [9.17, 15) is 4.79 Å². The first-order valence-electron chi connectivity index (χ1n) is 7.67. The molecule has 1 heterocycles. The third-order valence-corrected chi connectivity index (χ3v) is 3.55. The standard InChI is InChI=1S/C18H19NO5/c1-3-22-15-6-4-12(8-13(15)10-21-2)18(20)19-14-5-7-16-17(9-14)24-11-23-16/h4-9H,3,10-11H2,1-2H3,(H,19,20). The number of carbonyl (C=O) groups excluding carboxylic acids is 1. The van der Waals surface area contributed by atoms with Crippen LogP contribution in [0.5, 0.6) is 17.2 Å². The number of ether oxygens (including phenoxy) is 4. The molecule has 0 bridgehead atoms. The van der Waals surface area contributed by atoms with Gasteiger partial charge >= 0.3 is 0 Å². The Bertz CT molecular complexity index is 744. The highest BCUT2D eigenvalue weighted by Gasteiger charge is 2.15. The van der Waals surface area contributed by atoms with Crippen LogP contribution in [-0.2, 0) is 11.3 Å². The van der Waals surface area contributed by atoms with Crippen LogP contribution in [0, 0.1) is 0 Å². The lowest BCUT2D eigenvalue weighted by Gasteiger charge is -2.12. The highest BCUT2D eigenvalue weighted by molar-refractivity contribution is 6.04. The highest BCUT2D eigenvalue weighted by atomic mass is 16.7. The van der Waals surface area contributed by atoms with Crippen molar-refractivity contribution in [3.8, 4) is 17.2 Å². The molecule has 24 heavy (non-hydrogen) atoms. The van der Waals surface area contributed by atoms with Crippen molar-refractivity contribution in [2.75, 3.05) is 25.8 Å². The van der Waals surface area contributed by atoms with E-state index in [2.05, 4.69) is 5.32 Å². The lowest BCUT2D eigenvalue weighted by molar-refractivity contribution is 0.102. The normalized spacial score (nSPS) is 12.1. The molecule has 6 heteroatoms. The molecule has 0 saturated carbocycles. The largest absolute Gasteiger partial charge is 0.494 e. The van der Waals surface area contributed by atoms with Crippen molar-refractivity contribution in [2.24, 2.45) is 0 Å². The Morgan fingerprint density at radius 2 is 2.00 bits per heavy atom. The fourth-order valence-electron chi connectivity index (χ4n) is 2.46. The van der Waals surface area contributed by atoms with Crippen molar-refractivity contribution >= 4 is 11.6 Å². The van der Waals surface area contributed by atoms with Gasteiger partial charge in [0.15, 0.2) is 11.5 Å². The van der Waals surface area contributed by atoms with Gasteiger partial charge in [-0.1, -0.05) is 0 Å². The molecule has 1 N–H and O–H groups in total. The molecule has 0 unspecified atom stereocenters. The summed E-state index contributed by atoms with van der Waals surface area (Å²) in [5.41, 5.74) is 2.01. The van der Waals surface area contributed by atoms with Crippen LogP contribution in [0.3, 0.4) is 0 Å². The van der Waals surface area contributed by atoms with E-state index in [1.807, 2.05) is 6.92 Å². The van der Waals surface area contributed by atoms with Crippen LogP contribution < -0.4 is 19.5 Å². The molecule has 0 saturated heterocycles. The van der Waals surface area contributed by atoms with Gasteiger partial charge in [0.25, 0.3) is 5.91 Å². The zero-order chi connectivity index (χ0) is 16.9. The second-order valence-electron chi connectivity index (χ2n) is 5.21. The smallest absolute Gasteiger partial charge is 0.255 e. The van der Waals surface area contributed by atoms with Crippen LogP contribution in [0.15, 0.2) is 36.4 Å². The van der Waals surface area contributed by atoms with Crippen molar-refractivity contribution in [1.29, 1.82) is 0 Å². The lowest BCUT2D eigenvalue weighted by atomic mass is 10.1. The van der Waals surface area contributed by atoms with E-state index in [1.165, 1.54) is 0 Å². The van der Waals surface area contributed by atoms with E-state index in [4.69, 9.17) is 18.9 Å². The van der Waals surface area contributed by atoms with Gasteiger partial charge in [-0.3, -0.25) is 4.79 Å². The highest BCUT2D eigenvalue weighted by Crippen LogP contribution is 2.34. The first-order chi connectivity index (χ1) is 11.7. The molecule has 2 aromatic rings. The first-order valence-corrected chi connectivity index (χ1v) is 7.67. The van der Waals surface area contributed by atoms with Gasteiger partial charge in [0.05, 0.1) is 13.2 Å². The molecule has 0 radical (unpaired) electrons. The summed E-state index contributed by atoms with van der Waals surface area (Å²) < 4.78 is 21.3. The molecule has 3 rings (SSSR count). The fourth-order valence-corrected chi connectivity index (χ4v) is 2.46. The van der Waals surface area contributed by atoms with Gasteiger partial charge in [0.1, 0.15) is 5.75 Å². The predicted octanol–water partition coefficient (Wildman–Crippen LogP) is 3.21. The Kier molecular flexibility index (Phi) is 4.86. The topological polar surface area (TPSA) is 66.0 Å². The zero-order valence-electron chi connectivity index (χ0n) is 13.6. The second kappa shape index (κ2) is 7.23. The maximum Gasteiger partial charge on any atom is 0.255 e. The fraction of sp³-hybridized carbons (Fsp3) is 0.278. The molecule has 0 fully saturated rings. The molecule has 1 aliphatic rings. The molecule has 2 aromatic carbocycles.